The molecule has 3 rings (SSSR count). The largest absolute Gasteiger partial charge is 0.493 e. The zero-order chi connectivity index (χ0) is 20.3. The van der Waals surface area contributed by atoms with Gasteiger partial charge in [-0.1, -0.05) is 18.2 Å². The third kappa shape index (κ3) is 4.11. The normalized spacial score (nSPS) is 13.8. The molecule has 28 heavy (non-hydrogen) atoms. The summed E-state index contributed by atoms with van der Waals surface area (Å²) in [6, 6.07) is 12.6. The van der Waals surface area contributed by atoms with E-state index in [1.807, 2.05) is 38.1 Å². The number of amides is 1. The third-order valence-electron chi connectivity index (χ3n) is 4.55. The van der Waals surface area contributed by atoms with E-state index in [-0.39, 0.29) is 12.0 Å². The predicted octanol–water partition coefficient (Wildman–Crippen LogP) is 3.62. The smallest absolute Gasteiger partial charge is 0.339 e. The van der Waals surface area contributed by atoms with Crippen LogP contribution in [-0.4, -0.2) is 37.7 Å². The second-order valence-electron chi connectivity index (χ2n) is 6.95. The molecule has 0 saturated carbocycles. The number of anilines is 1. The SMILES string of the molecule is COc1cc(C(=O)OC(C)C(=O)N2CCc3ccccc32)ccc1OC(C)C. The zero-order valence-corrected chi connectivity index (χ0v) is 16.6. The number of ether oxygens (including phenoxy) is 3. The topological polar surface area (TPSA) is 65.1 Å². The minimum atomic E-state index is -0.892. The van der Waals surface area contributed by atoms with Gasteiger partial charge in [0.05, 0.1) is 18.8 Å². The van der Waals surface area contributed by atoms with E-state index in [0.717, 1.165) is 17.7 Å². The molecule has 0 saturated heterocycles. The molecule has 0 spiro atoms. The van der Waals surface area contributed by atoms with Crippen LogP contribution in [0.4, 0.5) is 5.69 Å². The summed E-state index contributed by atoms with van der Waals surface area (Å²) in [6.07, 6.45) is -0.110. The molecule has 0 aromatic heterocycles. The molecule has 1 unspecified atom stereocenters. The highest BCUT2D eigenvalue weighted by Gasteiger charge is 2.30. The lowest BCUT2D eigenvalue weighted by molar-refractivity contribution is -0.126. The molecule has 1 atom stereocenters. The lowest BCUT2D eigenvalue weighted by Gasteiger charge is -2.22. The average molecular weight is 383 g/mol. The number of hydrogen-bond acceptors (Lipinski definition) is 5. The van der Waals surface area contributed by atoms with Gasteiger partial charge in [-0.15, -0.1) is 0 Å². The van der Waals surface area contributed by atoms with Gasteiger partial charge in [0, 0.05) is 12.2 Å². The summed E-state index contributed by atoms with van der Waals surface area (Å²) in [7, 11) is 1.51. The standard InChI is InChI=1S/C22H25NO5/c1-14(2)27-19-10-9-17(13-20(19)26-4)22(25)28-15(3)21(24)23-12-11-16-7-5-6-8-18(16)23/h5-10,13-15H,11-12H2,1-4H3. The van der Waals surface area contributed by atoms with Crippen molar-refractivity contribution < 1.29 is 23.8 Å². The summed E-state index contributed by atoms with van der Waals surface area (Å²) >= 11 is 0. The van der Waals surface area contributed by atoms with E-state index in [1.54, 1.807) is 30.0 Å². The molecule has 1 aliphatic heterocycles. The Labute approximate surface area is 165 Å². The first-order valence-electron chi connectivity index (χ1n) is 9.35. The summed E-state index contributed by atoms with van der Waals surface area (Å²) in [6.45, 7) is 6.00. The van der Waals surface area contributed by atoms with E-state index in [9.17, 15) is 9.59 Å². The maximum absolute atomic E-state index is 12.8. The molecule has 6 nitrogen and oxygen atoms in total. The van der Waals surface area contributed by atoms with Crippen LogP contribution in [0.25, 0.3) is 0 Å². The van der Waals surface area contributed by atoms with Gasteiger partial charge in [0.15, 0.2) is 17.6 Å². The first-order valence-corrected chi connectivity index (χ1v) is 9.35. The van der Waals surface area contributed by atoms with Crippen LogP contribution < -0.4 is 14.4 Å². The van der Waals surface area contributed by atoms with E-state index in [2.05, 4.69) is 0 Å². The van der Waals surface area contributed by atoms with Gasteiger partial charge in [0.25, 0.3) is 5.91 Å². The van der Waals surface area contributed by atoms with E-state index < -0.39 is 12.1 Å². The second-order valence-corrected chi connectivity index (χ2v) is 6.95. The number of carbonyl (C=O) groups is 2. The van der Waals surface area contributed by atoms with Crippen molar-refractivity contribution in [1.82, 2.24) is 0 Å². The molecule has 0 bridgehead atoms. The molecule has 2 aromatic carbocycles. The van der Waals surface area contributed by atoms with Gasteiger partial charge in [-0.05, 0) is 57.0 Å². The van der Waals surface area contributed by atoms with Crippen LogP contribution in [0.15, 0.2) is 42.5 Å². The van der Waals surface area contributed by atoms with Crippen LogP contribution in [0, 0.1) is 0 Å². The summed E-state index contributed by atoms with van der Waals surface area (Å²) in [5.74, 6) is 0.176. The number of fused-ring (bicyclic) bond motifs is 1. The molecule has 1 amide bonds. The molecule has 1 aliphatic rings. The molecule has 148 valence electrons. The Morgan fingerprint density at radius 1 is 1.04 bits per heavy atom. The Bertz CT molecular complexity index is 877. The lowest BCUT2D eigenvalue weighted by Crippen LogP contribution is -2.39. The van der Waals surface area contributed by atoms with Gasteiger partial charge >= 0.3 is 5.97 Å². The molecular weight excluding hydrogens is 358 g/mol. The van der Waals surface area contributed by atoms with Gasteiger partial charge in [-0.25, -0.2) is 4.79 Å². The van der Waals surface area contributed by atoms with Crippen LogP contribution in [0.3, 0.4) is 0 Å². The highest BCUT2D eigenvalue weighted by molar-refractivity contribution is 6.00. The Morgan fingerprint density at radius 3 is 2.50 bits per heavy atom. The van der Waals surface area contributed by atoms with Crippen molar-refractivity contribution in [3.05, 3.63) is 53.6 Å². The van der Waals surface area contributed by atoms with Crippen molar-refractivity contribution in [2.24, 2.45) is 0 Å². The highest BCUT2D eigenvalue weighted by Crippen LogP contribution is 2.30. The van der Waals surface area contributed by atoms with Crippen molar-refractivity contribution >= 4 is 17.6 Å². The molecule has 6 heteroatoms. The van der Waals surface area contributed by atoms with Crippen LogP contribution in [0.1, 0.15) is 36.7 Å². The zero-order valence-electron chi connectivity index (χ0n) is 16.6. The average Bonchev–Trinajstić information content (AvgIpc) is 3.11. The van der Waals surface area contributed by atoms with Gasteiger partial charge < -0.3 is 19.1 Å². The van der Waals surface area contributed by atoms with E-state index in [1.165, 1.54) is 7.11 Å². The molecule has 0 aliphatic carbocycles. The van der Waals surface area contributed by atoms with Gasteiger partial charge in [0.2, 0.25) is 0 Å². The summed E-state index contributed by atoms with van der Waals surface area (Å²) in [5.41, 5.74) is 2.31. The van der Waals surface area contributed by atoms with Crippen molar-refractivity contribution in [2.75, 3.05) is 18.6 Å². The molecule has 2 aromatic rings. The monoisotopic (exact) mass is 383 g/mol. The summed E-state index contributed by atoms with van der Waals surface area (Å²) < 4.78 is 16.4. The van der Waals surface area contributed by atoms with E-state index in [0.29, 0.717) is 23.6 Å². The number of rotatable bonds is 6. The fourth-order valence-corrected chi connectivity index (χ4v) is 3.21. The lowest BCUT2D eigenvalue weighted by atomic mass is 10.2. The number of carbonyl (C=O) groups excluding carboxylic acids is 2. The van der Waals surface area contributed by atoms with Crippen molar-refractivity contribution in [3.63, 3.8) is 0 Å². The van der Waals surface area contributed by atoms with Crippen LogP contribution in [0.5, 0.6) is 11.5 Å². The van der Waals surface area contributed by atoms with Crippen molar-refractivity contribution in [3.8, 4) is 11.5 Å². The predicted molar refractivity (Wildman–Crippen MR) is 106 cm³/mol. The molecule has 0 fully saturated rings. The Kier molecular flexibility index (Phi) is 5.87. The number of para-hydroxylation sites is 1. The number of nitrogens with zero attached hydrogens (tertiary/aromatic N) is 1. The molecule has 0 N–H and O–H groups in total. The third-order valence-corrected chi connectivity index (χ3v) is 4.55. The number of methoxy groups -OCH3 is 1. The summed E-state index contributed by atoms with van der Waals surface area (Å²) in [4.78, 5) is 27.0. The fraction of sp³-hybridized carbons (Fsp3) is 0.364. The first-order chi connectivity index (χ1) is 13.4. The molecule has 0 radical (unpaired) electrons. The minimum absolute atomic E-state index is 0.0207. The number of hydrogen-bond donors (Lipinski definition) is 0. The van der Waals surface area contributed by atoms with Crippen LogP contribution in [0.2, 0.25) is 0 Å². The van der Waals surface area contributed by atoms with Gasteiger partial charge in [-0.3, -0.25) is 4.79 Å². The number of benzene rings is 2. The first kappa shape index (κ1) is 19.7. The van der Waals surface area contributed by atoms with E-state index >= 15 is 0 Å². The number of esters is 1. The Morgan fingerprint density at radius 2 is 1.79 bits per heavy atom. The fourth-order valence-electron chi connectivity index (χ4n) is 3.21. The van der Waals surface area contributed by atoms with Gasteiger partial charge in [0.1, 0.15) is 0 Å². The van der Waals surface area contributed by atoms with Crippen LogP contribution in [-0.2, 0) is 16.0 Å². The Hall–Kier alpha value is -3.02. The van der Waals surface area contributed by atoms with E-state index in [4.69, 9.17) is 14.2 Å². The van der Waals surface area contributed by atoms with Gasteiger partial charge in [-0.2, -0.15) is 0 Å². The highest BCUT2D eigenvalue weighted by atomic mass is 16.5. The van der Waals surface area contributed by atoms with Crippen LogP contribution >= 0.6 is 0 Å². The quantitative estimate of drug-likeness (QED) is 0.713. The summed E-state index contributed by atoms with van der Waals surface area (Å²) in [5, 5.41) is 0. The maximum Gasteiger partial charge on any atom is 0.339 e. The van der Waals surface area contributed by atoms with Crippen molar-refractivity contribution in [2.45, 2.75) is 39.4 Å². The molecular formula is C22H25NO5. The maximum atomic E-state index is 12.8. The minimum Gasteiger partial charge on any atom is -0.493 e. The van der Waals surface area contributed by atoms with Crippen molar-refractivity contribution in [1.29, 1.82) is 0 Å². The Balaban J connectivity index is 1.70. The molecule has 1 heterocycles. The second kappa shape index (κ2) is 8.33.